The Balaban J connectivity index is 2.44. The molecule has 0 aliphatic carbocycles. The highest BCUT2D eigenvalue weighted by Gasteiger charge is 2.38. The van der Waals surface area contributed by atoms with Gasteiger partial charge in [-0.1, -0.05) is 34.8 Å². The summed E-state index contributed by atoms with van der Waals surface area (Å²) in [4.78, 5) is 22.9. The van der Waals surface area contributed by atoms with Crippen molar-refractivity contribution in [2.75, 3.05) is 0 Å². The van der Waals surface area contributed by atoms with Gasteiger partial charge < -0.3 is 9.47 Å². The molecule has 0 spiro atoms. The second-order valence-electron chi connectivity index (χ2n) is 4.70. The van der Waals surface area contributed by atoms with Crippen molar-refractivity contribution in [3.8, 4) is 5.75 Å². The Hall–Kier alpha value is -1.18. The molecule has 1 rings (SSSR count). The quantitative estimate of drug-likeness (QED) is 0.369. The van der Waals surface area contributed by atoms with E-state index < -0.39 is 24.2 Å². The summed E-state index contributed by atoms with van der Waals surface area (Å²) < 4.78 is 45.8. The number of carbonyl (C=O) groups is 2. The van der Waals surface area contributed by atoms with Crippen LogP contribution in [0.1, 0.15) is 26.2 Å². The molecule has 10 heteroatoms. The molecule has 0 aromatic heterocycles. The van der Waals surface area contributed by atoms with E-state index in [4.69, 9.17) is 39.5 Å². The molecule has 1 unspecified atom stereocenters. The molecule has 0 aliphatic heterocycles. The van der Waals surface area contributed by atoms with Gasteiger partial charge in [-0.15, -0.1) is 0 Å². The molecule has 0 fully saturated rings. The van der Waals surface area contributed by atoms with Gasteiger partial charge in [0.2, 0.25) is 0 Å². The first-order valence-corrected chi connectivity index (χ1v) is 7.75. The fraction of sp³-hybridized carbons (Fsp3) is 0.429. The van der Waals surface area contributed by atoms with Gasteiger partial charge >= 0.3 is 18.1 Å². The smallest absolute Gasteiger partial charge is 0.425 e. The Bertz CT molecular complexity index is 620. The number of hydrogen-bond acceptors (Lipinski definition) is 4. The summed E-state index contributed by atoms with van der Waals surface area (Å²) in [7, 11) is 0. The molecule has 0 saturated heterocycles. The van der Waals surface area contributed by atoms with Crippen molar-refractivity contribution in [3.05, 3.63) is 27.2 Å². The van der Waals surface area contributed by atoms with Crippen molar-refractivity contribution in [2.24, 2.45) is 0 Å². The van der Waals surface area contributed by atoms with Crippen molar-refractivity contribution in [1.29, 1.82) is 0 Å². The predicted molar refractivity (Wildman–Crippen MR) is 82.6 cm³/mol. The molecule has 4 nitrogen and oxygen atoms in total. The largest absolute Gasteiger partial charge is 0.453 e. The van der Waals surface area contributed by atoms with Crippen LogP contribution in [-0.4, -0.2) is 24.2 Å². The third-order valence-corrected chi connectivity index (χ3v) is 3.72. The van der Waals surface area contributed by atoms with Crippen LogP contribution in [0.3, 0.4) is 0 Å². The third-order valence-electron chi connectivity index (χ3n) is 2.71. The van der Waals surface area contributed by atoms with Crippen LogP contribution >= 0.6 is 34.8 Å². The molecule has 1 atom stereocenters. The molecule has 0 bridgehead atoms. The molecule has 0 radical (unpaired) electrons. The van der Waals surface area contributed by atoms with Gasteiger partial charge in [0.05, 0.1) is 5.02 Å². The number of halogens is 6. The predicted octanol–water partition coefficient (Wildman–Crippen LogP) is 5.22. The van der Waals surface area contributed by atoms with Gasteiger partial charge in [0.25, 0.3) is 0 Å². The van der Waals surface area contributed by atoms with Crippen LogP contribution in [0.5, 0.6) is 5.75 Å². The highest BCUT2D eigenvalue weighted by Crippen LogP contribution is 2.35. The summed E-state index contributed by atoms with van der Waals surface area (Å²) in [6.07, 6.45) is -7.47. The molecule has 0 N–H and O–H groups in total. The Morgan fingerprint density at radius 2 is 1.71 bits per heavy atom. The standard InChI is InChI=1S/C14H12Cl3F3O4/c1-7(14(18,19)20)23-11(21)3-2-4-12(22)24-10-6-8(15)5-9(16)13(10)17/h5-7H,2-4H2,1H3. The van der Waals surface area contributed by atoms with Gasteiger partial charge in [0.15, 0.2) is 11.9 Å². The van der Waals surface area contributed by atoms with Crippen LogP contribution in [0.25, 0.3) is 0 Å². The second kappa shape index (κ2) is 8.78. The number of alkyl halides is 3. The maximum atomic E-state index is 12.2. The van der Waals surface area contributed by atoms with E-state index in [1.807, 2.05) is 0 Å². The number of esters is 2. The van der Waals surface area contributed by atoms with Gasteiger partial charge in [-0.05, 0) is 19.4 Å². The Morgan fingerprint density at radius 3 is 2.29 bits per heavy atom. The molecule has 134 valence electrons. The van der Waals surface area contributed by atoms with Crippen molar-refractivity contribution < 1.29 is 32.2 Å². The summed E-state index contributed by atoms with van der Waals surface area (Å²) in [5.41, 5.74) is 0. The Kier molecular flexibility index (Phi) is 7.63. The van der Waals surface area contributed by atoms with E-state index in [1.165, 1.54) is 12.1 Å². The van der Waals surface area contributed by atoms with E-state index in [0.717, 1.165) is 6.92 Å². The maximum absolute atomic E-state index is 12.2. The normalized spacial score (nSPS) is 12.6. The average Bonchev–Trinajstić information content (AvgIpc) is 2.43. The fourth-order valence-electron chi connectivity index (χ4n) is 1.48. The van der Waals surface area contributed by atoms with Crippen molar-refractivity contribution in [3.63, 3.8) is 0 Å². The molecule has 1 aromatic carbocycles. The lowest BCUT2D eigenvalue weighted by molar-refractivity contribution is -0.216. The highest BCUT2D eigenvalue weighted by molar-refractivity contribution is 6.44. The first-order chi connectivity index (χ1) is 11.0. The molecule has 0 amide bonds. The van der Waals surface area contributed by atoms with Gasteiger partial charge in [0, 0.05) is 23.9 Å². The SMILES string of the molecule is CC(OC(=O)CCCC(=O)Oc1cc(Cl)cc(Cl)c1Cl)C(F)(F)F. The zero-order valence-electron chi connectivity index (χ0n) is 12.3. The molecular weight excluding hydrogens is 396 g/mol. The summed E-state index contributed by atoms with van der Waals surface area (Å²) >= 11 is 17.4. The number of rotatable bonds is 6. The van der Waals surface area contributed by atoms with Crippen LogP contribution in [-0.2, 0) is 14.3 Å². The van der Waals surface area contributed by atoms with Crippen LogP contribution < -0.4 is 4.74 Å². The van der Waals surface area contributed by atoms with Gasteiger partial charge in [-0.3, -0.25) is 9.59 Å². The molecule has 24 heavy (non-hydrogen) atoms. The van der Waals surface area contributed by atoms with Crippen LogP contribution in [0.2, 0.25) is 15.1 Å². The highest BCUT2D eigenvalue weighted by atomic mass is 35.5. The fourth-order valence-corrected chi connectivity index (χ4v) is 2.10. The number of carbonyl (C=O) groups excluding carboxylic acids is 2. The maximum Gasteiger partial charge on any atom is 0.425 e. The first kappa shape index (κ1) is 20.9. The zero-order chi connectivity index (χ0) is 18.5. The minimum atomic E-state index is -4.63. The topological polar surface area (TPSA) is 52.6 Å². The minimum Gasteiger partial charge on any atom is -0.453 e. The van der Waals surface area contributed by atoms with Gasteiger partial charge in [0.1, 0.15) is 5.02 Å². The van der Waals surface area contributed by atoms with E-state index in [9.17, 15) is 22.8 Å². The molecular formula is C14H12Cl3F3O4. The number of hydrogen-bond donors (Lipinski definition) is 0. The third kappa shape index (κ3) is 6.75. The molecule has 0 aliphatic rings. The van der Waals surface area contributed by atoms with E-state index in [2.05, 4.69) is 4.74 Å². The lowest BCUT2D eigenvalue weighted by Crippen LogP contribution is -2.30. The Morgan fingerprint density at radius 1 is 1.12 bits per heavy atom. The van der Waals surface area contributed by atoms with Gasteiger partial charge in [-0.2, -0.15) is 13.2 Å². The Labute approximate surface area is 150 Å². The number of ether oxygens (including phenoxy) is 2. The lowest BCUT2D eigenvalue weighted by Gasteiger charge is -2.16. The van der Waals surface area contributed by atoms with Crippen LogP contribution in [0.15, 0.2) is 12.1 Å². The minimum absolute atomic E-state index is 0.00664. The molecule has 0 heterocycles. The molecule has 1 aromatic rings. The second-order valence-corrected chi connectivity index (χ2v) is 5.92. The summed E-state index contributed by atoms with van der Waals surface area (Å²) in [6, 6.07) is 2.65. The van der Waals surface area contributed by atoms with Gasteiger partial charge in [-0.25, -0.2) is 0 Å². The van der Waals surface area contributed by atoms with E-state index in [0.29, 0.717) is 0 Å². The van der Waals surface area contributed by atoms with E-state index >= 15 is 0 Å². The van der Waals surface area contributed by atoms with E-state index in [-0.39, 0.29) is 40.1 Å². The average molecular weight is 408 g/mol. The van der Waals surface area contributed by atoms with Crippen molar-refractivity contribution >= 4 is 46.7 Å². The summed E-state index contributed by atoms with van der Waals surface area (Å²) in [5, 5.41) is 0.293. The zero-order valence-corrected chi connectivity index (χ0v) is 14.5. The lowest BCUT2D eigenvalue weighted by atomic mass is 10.2. The monoisotopic (exact) mass is 406 g/mol. The van der Waals surface area contributed by atoms with Crippen LogP contribution in [0, 0.1) is 0 Å². The van der Waals surface area contributed by atoms with Crippen molar-refractivity contribution in [1.82, 2.24) is 0 Å². The van der Waals surface area contributed by atoms with Crippen molar-refractivity contribution in [2.45, 2.75) is 38.5 Å². The summed E-state index contributed by atoms with van der Waals surface area (Å²) in [6.45, 7) is 0.719. The van der Waals surface area contributed by atoms with Crippen LogP contribution in [0.4, 0.5) is 13.2 Å². The first-order valence-electron chi connectivity index (χ1n) is 6.62. The number of benzene rings is 1. The summed E-state index contributed by atoms with van der Waals surface area (Å²) in [5.74, 6) is -1.85. The molecule has 0 saturated carbocycles. The van der Waals surface area contributed by atoms with E-state index in [1.54, 1.807) is 0 Å².